The Kier molecular flexibility index (Phi) is 5.08. The molecule has 1 saturated carbocycles. The van der Waals surface area contributed by atoms with Crippen molar-refractivity contribution in [2.24, 2.45) is 5.92 Å². The van der Waals surface area contributed by atoms with Gasteiger partial charge in [0.05, 0.1) is 13.2 Å². The van der Waals surface area contributed by atoms with E-state index in [2.05, 4.69) is 10.1 Å². The van der Waals surface area contributed by atoms with Crippen molar-refractivity contribution in [3.63, 3.8) is 0 Å². The first kappa shape index (κ1) is 16.1. The van der Waals surface area contributed by atoms with E-state index in [-0.39, 0.29) is 30.8 Å². The van der Waals surface area contributed by atoms with Gasteiger partial charge in [-0.25, -0.2) is 0 Å². The van der Waals surface area contributed by atoms with E-state index in [0.29, 0.717) is 0 Å². The molecule has 0 aromatic rings. The maximum Gasteiger partial charge on any atom is 0.522 e. The van der Waals surface area contributed by atoms with Crippen LogP contribution in [-0.2, 0) is 14.3 Å². The highest BCUT2D eigenvalue weighted by Crippen LogP contribution is 2.30. The summed E-state index contributed by atoms with van der Waals surface area (Å²) in [6.45, 7) is -1.02. The number of rotatable bonds is 4. The van der Waals surface area contributed by atoms with Crippen molar-refractivity contribution in [3.8, 4) is 0 Å². The highest BCUT2D eigenvalue weighted by molar-refractivity contribution is 5.95. The lowest BCUT2D eigenvalue weighted by Gasteiger charge is -2.40. The van der Waals surface area contributed by atoms with Crippen LogP contribution in [0, 0.1) is 5.92 Å². The zero-order chi connectivity index (χ0) is 15.5. The molecular formula is C13H19F3N2O3. The normalized spacial score (nSPS) is 25.1. The average Bonchev–Trinajstić information content (AvgIpc) is 2.42. The summed E-state index contributed by atoms with van der Waals surface area (Å²) < 4.78 is 39.8. The van der Waals surface area contributed by atoms with E-state index in [4.69, 9.17) is 0 Å². The Morgan fingerprint density at radius 2 is 1.86 bits per heavy atom. The van der Waals surface area contributed by atoms with Crippen LogP contribution >= 0.6 is 0 Å². The van der Waals surface area contributed by atoms with E-state index in [1.807, 2.05) is 0 Å². The summed E-state index contributed by atoms with van der Waals surface area (Å²) in [5.74, 6) is -0.599. The van der Waals surface area contributed by atoms with Gasteiger partial charge in [-0.15, -0.1) is 13.2 Å². The molecule has 1 saturated heterocycles. The van der Waals surface area contributed by atoms with Crippen molar-refractivity contribution in [3.05, 3.63) is 0 Å². The molecule has 1 aliphatic heterocycles. The van der Waals surface area contributed by atoms with E-state index < -0.39 is 19.0 Å². The number of halogens is 3. The monoisotopic (exact) mass is 308 g/mol. The molecule has 2 rings (SSSR count). The molecule has 0 bridgehead atoms. The molecule has 5 nitrogen and oxygen atoms in total. The lowest BCUT2D eigenvalue weighted by atomic mass is 9.82. The molecule has 0 aromatic heterocycles. The maximum atomic E-state index is 12.0. The molecule has 1 unspecified atom stereocenters. The molecule has 2 amide bonds. The number of piperazine rings is 1. The van der Waals surface area contributed by atoms with Gasteiger partial charge in [0.2, 0.25) is 11.8 Å². The smallest absolute Gasteiger partial charge is 0.345 e. The van der Waals surface area contributed by atoms with E-state index in [1.54, 1.807) is 0 Å². The summed E-state index contributed by atoms with van der Waals surface area (Å²) in [7, 11) is 0. The molecular weight excluding hydrogens is 289 g/mol. The third kappa shape index (κ3) is 4.33. The van der Waals surface area contributed by atoms with E-state index in [1.165, 1.54) is 4.90 Å². The molecule has 2 fully saturated rings. The number of hydrogen-bond donors (Lipinski definition) is 1. The summed E-state index contributed by atoms with van der Waals surface area (Å²) in [4.78, 5) is 25.2. The quantitative estimate of drug-likeness (QED) is 0.855. The number of nitrogens with zero attached hydrogens (tertiary/aromatic N) is 1. The van der Waals surface area contributed by atoms with Crippen LogP contribution in [0.1, 0.15) is 32.1 Å². The van der Waals surface area contributed by atoms with Gasteiger partial charge < -0.3 is 10.2 Å². The van der Waals surface area contributed by atoms with Crippen molar-refractivity contribution in [2.45, 2.75) is 44.5 Å². The highest BCUT2D eigenvalue weighted by Gasteiger charge is 2.40. The summed E-state index contributed by atoms with van der Waals surface area (Å²) >= 11 is 0. The van der Waals surface area contributed by atoms with Crippen molar-refractivity contribution in [1.29, 1.82) is 0 Å². The van der Waals surface area contributed by atoms with Gasteiger partial charge in [-0.05, 0) is 18.8 Å². The predicted molar refractivity (Wildman–Crippen MR) is 67.1 cm³/mol. The van der Waals surface area contributed by atoms with Crippen LogP contribution in [0.5, 0.6) is 0 Å². The molecule has 1 heterocycles. The van der Waals surface area contributed by atoms with Crippen LogP contribution in [0.4, 0.5) is 13.2 Å². The minimum Gasteiger partial charge on any atom is -0.345 e. The second-order valence-corrected chi connectivity index (χ2v) is 5.44. The standard InChI is InChI=1S/C13H19F3N2O3/c14-13(15,16)21-7-6-18-10(19)8-17-12(20)11(18)9-4-2-1-3-5-9/h9,11H,1-8H2,(H,17,20). The van der Waals surface area contributed by atoms with Gasteiger partial charge in [-0.1, -0.05) is 19.3 Å². The summed E-state index contributed by atoms with van der Waals surface area (Å²) in [6.07, 6.45) is -0.0214. The Morgan fingerprint density at radius 1 is 1.19 bits per heavy atom. The van der Waals surface area contributed by atoms with Gasteiger partial charge in [0.1, 0.15) is 6.04 Å². The highest BCUT2D eigenvalue weighted by atomic mass is 19.4. The lowest BCUT2D eigenvalue weighted by Crippen LogP contribution is -2.61. The topological polar surface area (TPSA) is 58.6 Å². The minimum atomic E-state index is -4.72. The second kappa shape index (κ2) is 6.64. The van der Waals surface area contributed by atoms with Gasteiger partial charge >= 0.3 is 6.36 Å². The number of amides is 2. The Morgan fingerprint density at radius 3 is 2.48 bits per heavy atom. The number of alkyl halides is 3. The third-order valence-electron chi connectivity index (χ3n) is 4.03. The first-order valence-corrected chi connectivity index (χ1v) is 7.16. The van der Waals surface area contributed by atoms with Crippen LogP contribution < -0.4 is 5.32 Å². The summed E-state index contributed by atoms with van der Waals surface area (Å²) in [5, 5.41) is 2.52. The molecule has 0 spiro atoms. The Bertz CT molecular complexity index is 395. The van der Waals surface area contributed by atoms with Crippen LogP contribution in [0.3, 0.4) is 0 Å². The average molecular weight is 308 g/mol. The van der Waals surface area contributed by atoms with E-state index >= 15 is 0 Å². The Labute approximate surface area is 120 Å². The van der Waals surface area contributed by atoms with Gasteiger partial charge in [0.15, 0.2) is 0 Å². The molecule has 1 aliphatic carbocycles. The zero-order valence-electron chi connectivity index (χ0n) is 11.6. The largest absolute Gasteiger partial charge is 0.522 e. The van der Waals surface area contributed by atoms with E-state index in [0.717, 1.165) is 32.1 Å². The number of hydrogen-bond acceptors (Lipinski definition) is 3. The molecule has 2 aliphatic rings. The zero-order valence-corrected chi connectivity index (χ0v) is 11.6. The first-order chi connectivity index (χ1) is 9.88. The molecule has 1 atom stereocenters. The second-order valence-electron chi connectivity index (χ2n) is 5.44. The molecule has 0 aromatic carbocycles. The molecule has 21 heavy (non-hydrogen) atoms. The number of ether oxygens (including phenoxy) is 1. The Balaban J connectivity index is 2.01. The molecule has 8 heteroatoms. The van der Waals surface area contributed by atoms with Crippen LogP contribution in [0.25, 0.3) is 0 Å². The lowest BCUT2D eigenvalue weighted by molar-refractivity contribution is -0.325. The van der Waals surface area contributed by atoms with Crippen molar-refractivity contribution in [1.82, 2.24) is 10.2 Å². The number of nitrogens with one attached hydrogen (secondary N) is 1. The molecule has 0 radical (unpaired) electrons. The van der Waals surface area contributed by atoms with Gasteiger partial charge in [-0.2, -0.15) is 0 Å². The van der Waals surface area contributed by atoms with Gasteiger partial charge in [0, 0.05) is 6.54 Å². The van der Waals surface area contributed by atoms with E-state index in [9.17, 15) is 22.8 Å². The Hall–Kier alpha value is -1.31. The maximum absolute atomic E-state index is 12.0. The van der Waals surface area contributed by atoms with Crippen LogP contribution in [-0.4, -0.2) is 48.8 Å². The van der Waals surface area contributed by atoms with Crippen molar-refractivity contribution in [2.75, 3.05) is 19.7 Å². The van der Waals surface area contributed by atoms with Gasteiger partial charge in [-0.3, -0.25) is 14.3 Å². The summed E-state index contributed by atoms with van der Waals surface area (Å²) in [5.41, 5.74) is 0. The first-order valence-electron chi connectivity index (χ1n) is 7.16. The van der Waals surface area contributed by atoms with Crippen LogP contribution in [0.2, 0.25) is 0 Å². The predicted octanol–water partition coefficient (Wildman–Crippen LogP) is 1.43. The van der Waals surface area contributed by atoms with Crippen molar-refractivity contribution < 1.29 is 27.5 Å². The fourth-order valence-corrected chi connectivity index (χ4v) is 3.11. The van der Waals surface area contributed by atoms with Crippen LogP contribution in [0.15, 0.2) is 0 Å². The molecule has 120 valence electrons. The third-order valence-corrected chi connectivity index (χ3v) is 4.03. The van der Waals surface area contributed by atoms with Gasteiger partial charge in [0.25, 0.3) is 0 Å². The summed E-state index contributed by atoms with van der Waals surface area (Å²) in [6, 6.07) is -0.664. The SMILES string of the molecule is O=C1NCC(=O)N(CCOC(F)(F)F)C1C1CCCCC1. The van der Waals surface area contributed by atoms with Crippen molar-refractivity contribution >= 4 is 11.8 Å². The number of carbonyl (C=O) groups excluding carboxylic acids is 2. The molecule has 1 N–H and O–H groups in total. The fourth-order valence-electron chi connectivity index (χ4n) is 3.11. The fraction of sp³-hybridized carbons (Fsp3) is 0.846. The minimum absolute atomic E-state index is 0.0221. The number of carbonyl (C=O) groups is 2.